The Hall–Kier alpha value is -2.04. The summed E-state index contributed by atoms with van der Waals surface area (Å²) < 4.78 is 0. The maximum atomic E-state index is 12.4. The van der Waals surface area contributed by atoms with Crippen molar-refractivity contribution in [2.75, 3.05) is 18.8 Å². The standard InChI is InChI=1S/C14H21N3O2/c1-3-4-8-17(9-13(16)18)14(19)11-6-5-7-12(15)10(11)2/h5-7H,3-4,8-9,15H2,1-2H3,(H2,16,18). The molecule has 0 spiro atoms. The smallest absolute Gasteiger partial charge is 0.254 e. The molecule has 19 heavy (non-hydrogen) atoms. The van der Waals surface area contributed by atoms with E-state index < -0.39 is 5.91 Å². The van der Waals surface area contributed by atoms with Crippen LogP contribution in [-0.4, -0.2) is 29.8 Å². The average Bonchev–Trinajstić information content (AvgIpc) is 2.36. The molecule has 0 aliphatic rings. The average molecular weight is 263 g/mol. The predicted molar refractivity (Wildman–Crippen MR) is 75.6 cm³/mol. The molecule has 4 N–H and O–H groups in total. The third kappa shape index (κ3) is 3.98. The minimum Gasteiger partial charge on any atom is -0.398 e. The summed E-state index contributed by atoms with van der Waals surface area (Å²) in [6.07, 6.45) is 1.78. The van der Waals surface area contributed by atoms with Crippen LogP contribution in [0.3, 0.4) is 0 Å². The summed E-state index contributed by atoms with van der Waals surface area (Å²) in [5.41, 5.74) is 12.8. The molecule has 1 rings (SSSR count). The number of unbranched alkanes of at least 4 members (excludes halogenated alkanes) is 1. The molecule has 1 aromatic carbocycles. The Morgan fingerprint density at radius 1 is 1.32 bits per heavy atom. The summed E-state index contributed by atoms with van der Waals surface area (Å²) in [5, 5.41) is 0. The number of nitrogens with two attached hydrogens (primary N) is 2. The highest BCUT2D eigenvalue weighted by Crippen LogP contribution is 2.17. The van der Waals surface area contributed by atoms with Crippen molar-refractivity contribution >= 4 is 17.5 Å². The highest BCUT2D eigenvalue weighted by molar-refractivity contribution is 5.98. The predicted octanol–water partition coefficient (Wildman–Crippen LogP) is 1.30. The lowest BCUT2D eigenvalue weighted by Gasteiger charge is -2.22. The van der Waals surface area contributed by atoms with Crippen molar-refractivity contribution in [3.05, 3.63) is 29.3 Å². The van der Waals surface area contributed by atoms with E-state index in [0.717, 1.165) is 18.4 Å². The number of anilines is 1. The number of amides is 2. The van der Waals surface area contributed by atoms with Gasteiger partial charge in [-0.05, 0) is 31.0 Å². The molecule has 0 aromatic heterocycles. The minimum absolute atomic E-state index is 0.0624. The van der Waals surface area contributed by atoms with Gasteiger partial charge in [0, 0.05) is 17.8 Å². The molecule has 1 aromatic rings. The number of rotatable bonds is 6. The Morgan fingerprint density at radius 3 is 2.58 bits per heavy atom. The Labute approximate surface area is 113 Å². The highest BCUT2D eigenvalue weighted by atomic mass is 16.2. The second-order valence-electron chi connectivity index (χ2n) is 4.57. The SMILES string of the molecule is CCCCN(CC(N)=O)C(=O)c1cccc(N)c1C. The Bertz CT molecular complexity index is 472. The molecule has 0 heterocycles. The fourth-order valence-corrected chi connectivity index (χ4v) is 1.85. The van der Waals surface area contributed by atoms with Gasteiger partial charge in [-0.1, -0.05) is 19.4 Å². The number of hydrogen-bond acceptors (Lipinski definition) is 3. The third-order valence-electron chi connectivity index (χ3n) is 3.02. The van der Waals surface area contributed by atoms with Crippen LogP contribution in [0.25, 0.3) is 0 Å². The summed E-state index contributed by atoms with van der Waals surface area (Å²) in [4.78, 5) is 25.0. The van der Waals surface area contributed by atoms with E-state index in [2.05, 4.69) is 0 Å². The first kappa shape index (κ1) is 15.0. The van der Waals surface area contributed by atoms with Gasteiger partial charge < -0.3 is 16.4 Å². The molecule has 5 nitrogen and oxygen atoms in total. The summed E-state index contributed by atoms with van der Waals surface area (Å²) in [5.74, 6) is -0.706. The van der Waals surface area contributed by atoms with Gasteiger partial charge >= 0.3 is 0 Å². The highest BCUT2D eigenvalue weighted by Gasteiger charge is 2.19. The van der Waals surface area contributed by atoms with Gasteiger partial charge in [0.2, 0.25) is 5.91 Å². The van der Waals surface area contributed by atoms with Gasteiger partial charge in [0.25, 0.3) is 5.91 Å². The molecule has 2 amide bonds. The lowest BCUT2D eigenvalue weighted by Crippen LogP contribution is -2.39. The molecule has 0 unspecified atom stereocenters. The minimum atomic E-state index is -0.508. The summed E-state index contributed by atoms with van der Waals surface area (Å²) >= 11 is 0. The van der Waals surface area contributed by atoms with Crippen LogP contribution in [0.15, 0.2) is 18.2 Å². The third-order valence-corrected chi connectivity index (χ3v) is 3.02. The van der Waals surface area contributed by atoms with Gasteiger partial charge in [0.1, 0.15) is 0 Å². The van der Waals surface area contributed by atoms with Crippen molar-refractivity contribution < 1.29 is 9.59 Å². The first-order valence-corrected chi connectivity index (χ1v) is 6.40. The van der Waals surface area contributed by atoms with Gasteiger partial charge in [-0.3, -0.25) is 9.59 Å². The van der Waals surface area contributed by atoms with Gasteiger partial charge in [0.05, 0.1) is 6.54 Å². The van der Waals surface area contributed by atoms with E-state index in [1.165, 1.54) is 4.90 Å². The lowest BCUT2D eigenvalue weighted by atomic mass is 10.1. The largest absolute Gasteiger partial charge is 0.398 e. The van der Waals surface area contributed by atoms with Crippen molar-refractivity contribution in [3.63, 3.8) is 0 Å². The van der Waals surface area contributed by atoms with Crippen molar-refractivity contribution in [1.29, 1.82) is 0 Å². The van der Waals surface area contributed by atoms with Crippen molar-refractivity contribution in [1.82, 2.24) is 4.90 Å². The molecule has 0 fully saturated rings. The topological polar surface area (TPSA) is 89.4 Å². The molecule has 0 aliphatic carbocycles. The molecule has 5 heteroatoms. The Morgan fingerprint density at radius 2 is 2.00 bits per heavy atom. The number of nitrogens with zero attached hydrogens (tertiary/aromatic N) is 1. The van der Waals surface area contributed by atoms with Crippen molar-refractivity contribution in [2.45, 2.75) is 26.7 Å². The van der Waals surface area contributed by atoms with Crippen LogP contribution in [-0.2, 0) is 4.79 Å². The van der Waals surface area contributed by atoms with E-state index in [-0.39, 0.29) is 12.5 Å². The van der Waals surface area contributed by atoms with Crippen molar-refractivity contribution in [3.8, 4) is 0 Å². The zero-order valence-electron chi connectivity index (χ0n) is 11.5. The van der Waals surface area contributed by atoms with Crippen LogP contribution < -0.4 is 11.5 Å². The Kier molecular flexibility index (Phi) is 5.36. The number of benzene rings is 1. The fraction of sp³-hybridized carbons (Fsp3) is 0.429. The zero-order chi connectivity index (χ0) is 14.4. The number of primary amides is 1. The van der Waals surface area contributed by atoms with E-state index in [9.17, 15) is 9.59 Å². The van der Waals surface area contributed by atoms with Crippen LogP contribution in [0, 0.1) is 6.92 Å². The summed E-state index contributed by atoms with van der Waals surface area (Å²) in [7, 11) is 0. The summed E-state index contributed by atoms with van der Waals surface area (Å²) in [6.45, 7) is 4.28. The quantitative estimate of drug-likeness (QED) is 0.758. The maximum absolute atomic E-state index is 12.4. The van der Waals surface area contributed by atoms with Crippen LogP contribution in [0.2, 0.25) is 0 Å². The second kappa shape index (κ2) is 6.78. The van der Waals surface area contributed by atoms with Gasteiger partial charge in [0.15, 0.2) is 0 Å². The van der Waals surface area contributed by atoms with Crippen LogP contribution in [0.5, 0.6) is 0 Å². The van der Waals surface area contributed by atoms with Crippen LogP contribution in [0.1, 0.15) is 35.7 Å². The van der Waals surface area contributed by atoms with Crippen LogP contribution in [0.4, 0.5) is 5.69 Å². The fourth-order valence-electron chi connectivity index (χ4n) is 1.85. The second-order valence-corrected chi connectivity index (χ2v) is 4.57. The molecular weight excluding hydrogens is 242 g/mol. The van der Waals surface area contributed by atoms with E-state index in [4.69, 9.17) is 11.5 Å². The first-order chi connectivity index (χ1) is 8.97. The van der Waals surface area contributed by atoms with Gasteiger partial charge in [-0.25, -0.2) is 0 Å². The molecule has 0 saturated heterocycles. The molecule has 0 saturated carbocycles. The maximum Gasteiger partial charge on any atom is 0.254 e. The number of hydrogen-bond donors (Lipinski definition) is 2. The lowest BCUT2D eigenvalue weighted by molar-refractivity contribution is -0.118. The normalized spacial score (nSPS) is 10.2. The van der Waals surface area contributed by atoms with E-state index in [0.29, 0.717) is 17.8 Å². The number of carbonyl (C=O) groups excluding carboxylic acids is 2. The van der Waals surface area contributed by atoms with E-state index in [1.807, 2.05) is 6.92 Å². The molecular formula is C14H21N3O2. The molecule has 0 radical (unpaired) electrons. The van der Waals surface area contributed by atoms with Gasteiger partial charge in [-0.15, -0.1) is 0 Å². The number of carbonyl (C=O) groups is 2. The van der Waals surface area contributed by atoms with Gasteiger partial charge in [-0.2, -0.15) is 0 Å². The molecule has 104 valence electrons. The van der Waals surface area contributed by atoms with E-state index in [1.54, 1.807) is 25.1 Å². The number of nitrogen functional groups attached to an aromatic ring is 1. The van der Waals surface area contributed by atoms with Crippen LogP contribution >= 0.6 is 0 Å². The van der Waals surface area contributed by atoms with E-state index >= 15 is 0 Å². The zero-order valence-corrected chi connectivity index (χ0v) is 11.5. The first-order valence-electron chi connectivity index (χ1n) is 6.40. The summed E-state index contributed by atoms with van der Waals surface area (Å²) in [6, 6.07) is 5.20. The molecule has 0 aliphatic heterocycles. The van der Waals surface area contributed by atoms with Crippen molar-refractivity contribution in [2.24, 2.45) is 5.73 Å². The molecule has 0 atom stereocenters. The monoisotopic (exact) mass is 263 g/mol. The molecule has 0 bridgehead atoms. The Balaban J connectivity index is 2.97.